The van der Waals surface area contributed by atoms with E-state index in [1.165, 1.54) is 12.4 Å². The molecule has 0 atom stereocenters. The van der Waals surface area contributed by atoms with Gasteiger partial charge in [0, 0.05) is 25.5 Å². The van der Waals surface area contributed by atoms with Crippen molar-refractivity contribution in [3.8, 4) is 0 Å². The molecule has 1 aromatic rings. The maximum Gasteiger partial charge on any atom is 0.254 e. The Labute approximate surface area is 113 Å². The number of carbonyl (C=O) groups is 1. The van der Waals surface area contributed by atoms with Gasteiger partial charge in [0.2, 0.25) is 5.95 Å². The standard InChI is InChI=1S/C13H21N5O/c1-4-6-14-12(19)11-9-16-13(17-10-11)15-7-5-8-18(2)3/h4,9-10H,1,5-8H2,2-3H3,(H,14,19)(H,15,16,17). The number of hydrogen-bond acceptors (Lipinski definition) is 5. The smallest absolute Gasteiger partial charge is 0.254 e. The van der Waals surface area contributed by atoms with Gasteiger partial charge in [0.25, 0.3) is 5.91 Å². The van der Waals surface area contributed by atoms with Crippen LogP contribution in [0.2, 0.25) is 0 Å². The number of amides is 1. The molecule has 1 rings (SSSR count). The molecular formula is C13H21N5O. The Morgan fingerprint density at radius 1 is 1.42 bits per heavy atom. The molecule has 0 saturated heterocycles. The van der Waals surface area contributed by atoms with Gasteiger partial charge < -0.3 is 15.5 Å². The van der Waals surface area contributed by atoms with E-state index in [1.54, 1.807) is 6.08 Å². The summed E-state index contributed by atoms with van der Waals surface area (Å²) in [5, 5.41) is 5.78. The van der Waals surface area contributed by atoms with Gasteiger partial charge in [-0.15, -0.1) is 6.58 Å². The first kappa shape index (κ1) is 15.1. The number of nitrogens with one attached hydrogen (secondary N) is 2. The molecule has 0 aliphatic rings. The van der Waals surface area contributed by atoms with Gasteiger partial charge in [0.15, 0.2) is 0 Å². The van der Waals surface area contributed by atoms with E-state index in [1.807, 2.05) is 14.1 Å². The van der Waals surface area contributed by atoms with E-state index in [9.17, 15) is 4.79 Å². The summed E-state index contributed by atoms with van der Waals surface area (Å²) in [7, 11) is 4.07. The van der Waals surface area contributed by atoms with Crippen molar-refractivity contribution in [1.82, 2.24) is 20.2 Å². The highest BCUT2D eigenvalue weighted by molar-refractivity contribution is 5.93. The molecule has 0 spiro atoms. The highest BCUT2D eigenvalue weighted by Crippen LogP contribution is 2.00. The van der Waals surface area contributed by atoms with E-state index < -0.39 is 0 Å². The predicted molar refractivity (Wildman–Crippen MR) is 76.2 cm³/mol. The second kappa shape index (κ2) is 8.20. The molecule has 1 amide bonds. The zero-order valence-electron chi connectivity index (χ0n) is 11.5. The van der Waals surface area contributed by atoms with Crippen LogP contribution in [0.4, 0.5) is 5.95 Å². The first-order valence-electron chi connectivity index (χ1n) is 6.23. The van der Waals surface area contributed by atoms with Crippen LogP contribution in [-0.2, 0) is 0 Å². The van der Waals surface area contributed by atoms with Crippen molar-refractivity contribution in [2.75, 3.05) is 39.0 Å². The normalized spacial score (nSPS) is 10.3. The molecule has 0 unspecified atom stereocenters. The average Bonchev–Trinajstić information content (AvgIpc) is 2.41. The van der Waals surface area contributed by atoms with Crippen molar-refractivity contribution >= 4 is 11.9 Å². The number of rotatable bonds is 8. The van der Waals surface area contributed by atoms with E-state index in [2.05, 4.69) is 32.1 Å². The van der Waals surface area contributed by atoms with E-state index in [-0.39, 0.29) is 5.91 Å². The molecule has 19 heavy (non-hydrogen) atoms. The van der Waals surface area contributed by atoms with Crippen molar-refractivity contribution < 1.29 is 4.79 Å². The summed E-state index contributed by atoms with van der Waals surface area (Å²) < 4.78 is 0. The molecule has 1 aromatic heterocycles. The molecule has 104 valence electrons. The van der Waals surface area contributed by atoms with Gasteiger partial charge in [-0.3, -0.25) is 4.79 Å². The summed E-state index contributed by atoms with van der Waals surface area (Å²) in [4.78, 5) is 21.9. The van der Waals surface area contributed by atoms with Gasteiger partial charge in [0.05, 0.1) is 5.56 Å². The summed E-state index contributed by atoms with van der Waals surface area (Å²) in [6.07, 6.45) is 5.66. The van der Waals surface area contributed by atoms with E-state index in [0.29, 0.717) is 18.1 Å². The Balaban J connectivity index is 2.38. The number of nitrogens with zero attached hydrogens (tertiary/aromatic N) is 3. The molecule has 0 aliphatic carbocycles. The zero-order chi connectivity index (χ0) is 14.1. The Kier molecular flexibility index (Phi) is 6.52. The monoisotopic (exact) mass is 263 g/mol. The number of anilines is 1. The number of aromatic nitrogens is 2. The van der Waals surface area contributed by atoms with Crippen LogP contribution in [0, 0.1) is 0 Å². The lowest BCUT2D eigenvalue weighted by atomic mass is 10.3. The van der Waals surface area contributed by atoms with Crippen LogP contribution < -0.4 is 10.6 Å². The predicted octanol–water partition coefficient (Wildman–Crippen LogP) is 0.756. The lowest BCUT2D eigenvalue weighted by Gasteiger charge is -2.09. The summed E-state index contributed by atoms with van der Waals surface area (Å²) >= 11 is 0. The van der Waals surface area contributed by atoms with Gasteiger partial charge in [-0.05, 0) is 27.1 Å². The summed E-state index contributed by atoms with van der Waals surface area (Å²) in [5.41, 5.74) is 0.445. The van der Waals surface area contributed by atoms with Crippen molar-refractivity contribution in [3.05, 3.63) is 30.6 Å². The topological polar surface area (TPSA) is 70.2 Å². The third kappa shape index (κ3) is 5.96. The van der Waals surface area contributed by atoms with Crippen molar-refractivity contribution in [1.29, 1.82) is 0 Å². The van der Waals surface area contributed by atoms with E-state index >= 15 is 0 Å². The molecule has 0 aliphatic heterocycles. The lowest BCUT2D eigenvalue weighted by Crippen LogP contribution is -2.23. The molecule has 0 bridgehead atoms. The highest BCUT2D eigenvalue weighted by Gasteiger charge is 2.05. The van der Waals surface area contributed by atoms with E-state index in [0.717, 1.165) is 19.5 Å². The molecule has 6 heteroatoms. The Morgan fingerprint density at radius 2 is 2.11 bits per heavy atom. The largest absolute Gasteiger partial charge is 0.354 e. The van der Waals surface area contributed by atoms with Crippen molar-refractivity contribution in [3.63, 3.8) is 0 Å². The molecule has 0 aromatic carbocycles. The maximum absolute atomic E-state index is 11.6. The zero-order valence-corrected chi connectivity index (χ0v) is 11.5. The van der Waals surface area contributed by atoms with Crippen LogP contribution in [-0.4, -0.2) is 54.5 Å². The second-order valence-corrected chi connectivity index (χ2v) is 4.38. The lowest BCUT2D eigenvalue weighted by molar-refractivity contribution is 0.0957. The summed E-state index contributed by atoms with van der Waals surface area (Å²) in [6.45, 7) is 5.78. The van der Waals surface area contributed by atoms with Crippen LogP contribution >= 0.6 is 0 Å². The van der Waals surface area contributed by atoms with Gasteiger partial charge in [-0.2, -0.15) is 0 Å². The van der Waals surface area contributed by atoms with Crippen LogP contribution in [0.5, 0.6) is 0 Å². The number of carbonyl (C=O) groups excluding carboxylic acids is 1. The van der Waals surface area contributed by atoms with Crippen LogP contribution in [0.3, 0.4) is 0 Å². The van der Waals surface area contributed by atoms with Gasteiger partial charge in [0.1, 0.15) is 0 Å². The molecular weight excluding hydrogens is 242 g/mol. The van der Waals surface area contributed by atoms with Crippen LogP contribution in [0.15, 0.2) is 25.0 Å². The Morgan fingerprint density at radius 3 is 2.68 bits per heavy atom. The molecule has 2 N–H and O–H groups in total. The molecule has 0 saturated carbocycles. The van der Waals surface area contributed by atoms with Crippen molar-refractivity contribution in [2.24, 2.45) is 0 Å². The third-order valence-corrected chi connectivity index (χ3v) is 2.39. The van der Waals surface area contributed by atoms with Crippen LogP contribution in [0.25, 0.3) is 0 Å². The average molecular weight is 263 g/mol. The molecule has 6 nitrogen and oxygen atoms in total. The van der Waals surface area contributed by atoms with E-state index in [4.69, 9.17) is 0 Å². The van der Waals surface area contributed by atoms with Gasteiger partial charge in [-0.25, -0.2) is 9.97 Å². The fraction of sp³-hybridized carbons (Fsp3) is 0.462. The highest BCUT2D eigenvalue weighted by atomic mass is 16.1. The minimum Gasteiger partial charge on any atom is -0.354 e. The maximum atomic E-state index is 11.6. The fourth-order valence-electron chi connectivity index (χ4n) is 1.40. The Hall–Kier alpha value is -1.95. The first-order valence-corrected chi connectivity index (χ1v) is 6.23. The SMILES string of the molecule is C=CCNC(=O)c1cnc(NCCCN(C)C)nc1. The molecule has 0 radical (unpaired) electrons. The fourth-order valence-corrected chi connectivity index (χ4v) is 1.40. The number of hydrogen-bond donors (Lipinski definition) is 2. The summed E-state index contributed by atoms with van der Waals surface area (Å²) in [6, 6.07) is 0. The minimum atomic E-state index is -0.195. The quantitative estimate of drug-likeness (QED) is 0.535. The molecule has 1 heterocycles. The minimum absolute atomic E-state index is 0.195. The third-order valence-electron chi connectivity index (χ3n) is 2.39. The van der Waals surface area contributed by atoms with Gasteiger partial charge in [-0.1, -0.05) is 6.08 Å². The summed E-state index contributed by atoms with van der Waals surface area (Å²) in [5.74, 6) is 0.345. The first-order chi connectivity index (χ1) is 9.13. The van der Waals surface area contributed by atoms with Gasteiger partial charge >= 0.3 is 0 Å². The van der Waals surface area contributed by atoms with Crippen molar-refractivity contribution in [2.45, 2.75) is 6.42 Å². The second-order valence-electron chi connectivity index (χ2n) is 4.38. The Bertz CT molecular complexity index is 402. The van der Waals surface area contributed by atoms with Crippen LogP contribution in [0.1, 0.15) is 16.8 Å². The molecule has 0 fully saturated rings.